The molecule has 0 spiro atoms. The lowest BCUT2D eigenvalue weighted by Gasteiger charge is -2.29. The van der Waals surface area contributed by atoms with Crippen LogP contribution in [0, 0.1) is 0 Å². The zero-order chi connectivity index (χ0) is 17.1. The van der Waals surface area contributed by atoms with Crippen LogP contribution in [0.15, 0.2) is 40.9 Å². The van der Waals surface area contributed by atoms with E-state index in [1.807, 2.05) is 31.2 Å². The van der Waals surface area contributed by atoms with Crippen LogP contribution in [0.2, 0.25) is 0 Å². The fraction of sp³-hybridized carbons (Fsp3) is 0.278. The van der Waals surface area contributed by atoms with Gasteiger partial charge in [-0.25, -0.2) is 0 Å². The second-order valence-electron chi connectivity index (χ2n) is 5.20. The number of methoxy groups -OCH3 is 1. The van der Waals surface area contributed by atoms with Crippen LogP contribution < -0.4 is 19.1 Å². The summed E-state index contributed by atoms with van der Waals surface area (Å²) in [6.07, 6.45) is 0. The van der Waals surface area contributed by atoms with Gasteiger partial charge < -0.3 is 19.1 Å². The van der Waals surface area contributed by atoms with E-state index in [-0.39, 0.29) is 5.91 Å². The van der Waals surface area contributed by atoms with Crippen LogP contribution in [0.4, 0.5) is 5.69 Å². The van der Waals surface area contributed by atoms with Crippen molar-refractivity contribution in [3.63, 3.8) is 0 Å². The first-order valence-electron chi connectivity index (χ1n) is 7.69. The molecule has 5 nitrogen and oxygen atoms in total. The average Bonchev–Trinajstić information content (AvgIpc) is 2.62. The van der Waals surface area contributed by atoms with Crippen LogP contribution in [0.25, 0.3) is 0 Å². The Labute approximate surface area is 149 Å². The van der Waals surface area contributed by atoms with E-state index in [0.29, 0.717) is 47.0 Å². The maximum atomic E-state index is 13.0. The number of para-hydroxylation sites is 2. The summed E-state index contributed by atoms with van der Waals surface area (Å²) in [5.41, 5.74) is 1.30. The van der Waals surface area contributed by atoms with Crippen LogP contribution in [0.5, 0.6) is 17.2 Å². The molecule has 0 fully saturated rings. The second-order valence-corrected chi connectivity index (χ2v) is 6.05. The molecule has 2 aromatic carbocycles. The molecule has 0 atom stereocenters. The Morgan fingerprint density at radius 3 is 2.88 bits per heavy atom. The highest BCUT2D eigenvalue weighted by Gasteiger charge is 2.26. The number of amides is 1. The molecule has 1 aliphatic rings. The lowest BCUT2D eigenvalue weighted by Crippen LogP contribution is -2.37. The minimum absolute atomic E-state index is 0.104. The van der Waals surface area contributed by atoms with Crippen molar-refractivity contribution >= 4 is 27.5 Å². The number of hydrogen-bond donors (Lipinski definition) is 0. The van der Waals surface area contributed by atoms with E-state index in [9.17, 15) is 4.79 Å². The first-order chi connectivity index (χ1) is 11.7. The summed E-state index contributed by atoms with van der Waals surface area (Å²) < 4.78 is 17.3. The van der Waals surface area contributed by atoms with Crippen molar-refractivity contribution in [1.29, 1.82) is 0 Å². The molecule has 0 saturated heterocycles. The summed E-state index contributed by atoms with van der Waals surface area (Å²) in [6, 6.07) is 11.0. The second kappa shape index (κ2) is 7.13. The molecule has 1 amide bonds. The maximum absolute atomic E-state index is 13.0. The topological polar surface area (TPSA) is 48.0 Å². The zero-order valence-electron chi connectivity index (χ0n) is 13.5. The van der Waals surface area contributed by atoms with Gasteiger partial charge in [-0.05, 0) is 47.1 Å². The monoisotopic (exact) mass is 391 g/mol. The summed E-state index contributed by atoms with van der Waals surface area (Å²) in [6.45, 7) is 3.38. The minimum atomic E-state index is -0.104. The van der Waals surface area contributed by atoms with E-state index in [1.165, 1.54) is 0 Å². The number of nitrogens with zero attached hydrogens (tertiary/aromatic N) is 1. The lowest BCUT2D eigenvalue weighted by molar-refractivity contribution is 0.0976. The molecule has 0 unspecified atom stereocenters. The Kier molecular flexibility index (Phi) is 4.94. The van der Waals surface area contributed by atoms with Crippen LogP contribution in [-0.2, 0) is 0 Å². The van der Waals surface area contributed by atoms with Crippen molar-refractivity contribution in [2.75, 3.05) is 31.8 Å². The maximum Gasteiger partial charge on any atom is 0.258 e. The summed E-state index contributed by atoms with van der Waals surface area (Å²) in [5, 5.41) is 0. The SMILES string of the molecule is CCOc1c(Br)cc(C(=O)N2CCOc3ccccc32)cc1OC. The molecular formula is C18H18BrNO4. The predicted molar refractivity (Wildman–Crippen MR) is 95.5 cm³/mol. The van der Waals surface area contributed by atoms with E-state index in [1.54, 1.807) is 24.1 Å². The largest absolute Gasteiger partial charge is 0.493 e. The number of benzene rings is 2. The molecule has 0 radical (unpaired) electrons. The zero-order valence-corrected chi connectivity index (χ0v) is 15.1. The molecule has 0 saturated carbocycles. The lowest BCUT2D eigenvalue weighted by atomic mass is 10.1. The number of anilines is 1. The molecule has 6 heteroatoms. The van der Waals surface area contributed by atoms with Crippen LogP contribution >= 0.6 is 15.9 Å². The van der Waals surface area contributed by atoms with Gasteiger partial charge in [0.2, 0.25) is 0 Å². The predicted octanol–water partition coefficient (Wildman–Crippen LogP) is 3.90. The number of fused-ring (bicyclic) bond motifs is 1. The molecule has 126 valence electrons. The van der Waals surface area contributed by atoms with Gasteiger partial charge in [-0.3, -0.25) is 4.79 Å². The summed E-state index contributed by atoms with van der Waals surface area (Å²) in [5.74, 6) is 1.73. The minimum Gasteiger partial charge on any atom is -0.493 e. The molecular weight excluding hydrogens is 374 g/mol. The van der Waals surface area contributed by atoms with Crippen molar-refractivity contribution in [3.8, 4) is 17.2 Å². The van der Waals surface area contributed by atoms with Crippen molar-refractivity contribution in [3.05, 3.63) is 46.4 Å². The molecule has 2 aromatic rings. The Morgan fingerprint density at radius 1 is 1.33 bits per heavy atom. The number of carbonyl (C=O) groups is 1. The third-order valence-electron chi connectivity index (χ3n) is 3.74. The third kappa shape index (κ3) is 3.06. The highest BCUT2D eigenvalue weighted by molar-refractivity contribution is 9.10. The number of carbonyl (C=O) groups excluding carboxylic acids is 1. The van der Waals surface area contributed by atoms with Gasteiger partial charge >= 0.3 is 0 Å². The van der Waals surface area contributed by atoms with Crippen molar-refractivity contribution < 1.29 is 19.0 Å². The molecule has 3 rings (SSSR count). The Morgan fingerprint density at radius 2 is 2.12 bits per heavy atom. The van der Waals surface area contributed by atoms with Crippen molar-refractivity contribution in [2.24, 2.45) is 0 Å². The van der Waals surface area contributed by atoms with Crippen LogP contribution in [-0.4, -0.2) is 32.8 Å². The Hall–Kier alpha value is -2.21. The summed E-state index contributed by atoms with van der Waals surface area (Å²) in [7, 11) is 1.56. The summed E-state index contributed by atoms with van der Waals surface area (Å²) in [4.78, 5) is 14.7. The molecule has 0 aliphatic carbocycles. The van der Waals surface area contributed by atoms with Crippen molar-refractivity contribution in [2.45, 2.75) is 6.92 Å². The molecule has 1 heterocycles. The smallest absolute Gasteiger partial charge is 0.258 e. The van der Waals surface area contributed by atoms with E-state index in [4.69, 9.17) is 14.2 Å². The Balaban J connectivity index is 1.98. The quantitative estimate of drug-likeness (QED) is 0.792. The first-order valence-corrected chi connectivity index (χ1v) is 8.49. The van der Waals surface area contributed by atoms with Crippen LogP contribution in [0.3, 0.4) is 0 Å². The fourth-order valence-electron chi connectivity index (χ4n) is 2.66. The highest BCUT2D eigenvalue weighted by atomic mass is 79.9. The Bertz CT molecular complexity index is 763. The number of halogens is 1. The fourth-order valence-corrected chi connectivity index (χ4v) is 3.22. The van der Waals surface area contributed by atoms with E-state index in [2.05, 4.69) is 15.9 Å². The molecule has 0 N–H and O–H groups in total. The standard InChI is InChI=1S/C18H18BrNO4/c1-3-23-17-13(19)10-12(11-16(17)22-2)18(21)20-8-9-24-15-7-5-4-6-14(15)20/h4-7,10-11H,3,8-9H2,1-2H3. The van der Waals surface area contributed by atoms with Gasteiger partial charge in [-0.1, -0.05) is 12.1 Å². The van der Waals surface area contributed by atoms with E-state index < -0.39 is 0 Å². The molecule has 1 aliphatic heterocycles. The normalized spacial score (nSPS) is 13.0. The van der Waals surface area contributed by atoms with E-state index >= 15 is 0 Å². The van der Waals surface area contributed by atoms with Crippen molar-refractivity contribution in [1.82, 2.24) is 0 Å². The number of hydrogen-bond acceptors (Lipinski definition) is 4. The van der Waals surface area contributed by atoms with Gasteiger partial charge in [0.1, 0.15) is 12.4 Å². The van der Waals surface area contributed by atoms with Gasteiger partial charge in [0.15, 0.2) is 11.5 Å². The molecule has 24 heavy (non-hydrogen) atoms. The number of rotatable bonds is 4. The number of ether oxygens (including phenoxy) is 3. The van der Waals surface area contributed by atoms with Gasteiger partial charge in [-0.15, -0.1) is 0 Å². The first kappa shape index (κ1) is 16.6. The molecule has 0 aromatic heterocycles. The van der Waals surface area contributed by atoms with E-state index in [0.717, 1.165) is 5.69 Å². The van der Waals surface area contributed by atoms with Gasteiger partial charge in [0, 0.05) is 5.56 Å². The average molecular weight is 392 g/mol. The van der Waals surface area contributed by atoms with Gasteiger partial charge in [0.25, 0.3) is 5.91 Å². The van der Waals surface area contributed by atoms with Gasteiger partial charge in [-0.2, -0.15) is 0 Å². The summed E-state index contributed by atoms with van der Waals surface area (Å²) >= 11 is 3.46. The third-order valence-corrected chi connectivity index (χ3v) is 4.33. The molecule has 0 bridgehead atoms. The van der Waals surface area contributed by atoms with Gasteiger partial charge in [0.05, 0.1) is 30.4 Å². The van der Waals surface area contributed by atoms with Crippen LogP contribution in [0.1, 0.15) is 17.3 Å². The highest BCUT2D eigenvalue weighted by Crippen LogP contribution is 2.38.